The molecule has 100 valence electrons. The molecule has 0 aromatic carbocycles. The van der Waals surface area contributed by atoms with E-state index in [0.717, 1.165) is 0 Å². The van der Waals surface area contributed by atoms with Crippen molar-refractivity contribution in [2.75, 3.05) is 19.7 Å². The van der Waals surface area contributed by atoms with Crippen LogP contribution in [0.4, 0.5) is 13.2 Å². The molecular weight excluding hydrogens is 243 g/mol. The van der Waals surface area contributed by atoms with Crippen molar-refractivity contribution in [2.24, 2.45) is 5.92 Å². The van der Waals surface area contributed by atoms with Crippen LogP contribution >= 0.6 is 0 Å². The zero-order chi connectivity index (χ0) is 13.5. The van der Waals surface area contributed by atoms with Gasteiger partial charge >= 0.3 is 18.1 Å². The quantitative estimate of drug-likeness (QED) is 0.521. The van der Waals surface area contributed by atoms with Crippen LogP contribution in [0.5, 0.6) is 0 Å². The number of carbonyl (C=O) groups excluding carboxylic acids is 1. The molecule has 17 heavy (non-hydrogen) atoms. The summed E-state index contributed by atoms with van der Waals surface area (Å²) in [6.07, 6.45) is -4.90. The first-order valence-electron chi connectivity index (χ1n) is 4.94. The van der Waals surface area contributed by atoms with Crippen LogP contribution in [0.15, 0.2) is 0 Å². The molecule has 0 spiro atoms. The van der Waals surface area contributed by atoms with Crippen LogP contribution in [0.25, 0.3) is 0 Å². The number of halogens is 3. The summed E-state index contributed by atoms with van der Waals surface area (Å²) in [6, 6.07) is 0. The van der Waals surface area contributed by atoms with Gasteiger partial charge in [-0.05, 0) is 6.92 Å². The van der Waals surface area contributed by atoms with Crippen LogP contribution in [0.2, 0.25) is 0 Å². The van der Waals surface area contributed by atoms with Gasteiger partial charge in [0.15, 0.2) is 5.92 Å². The van der Waals surface area contributed by atoms with Gasteiger partial charge in [0.2, 0.25) is 0 Å². The summed E-state index contributed by atoms with van der Waals surface area (Å²) in [5.41, 5.74) is 0. The third-order valence-electron chi connectivity index (χ3n) is 1.85. The van der Waals surface area contributed by atoms with Gasteiger partial charge in [0.05, 0.1) is 13.0 Å². The molecule has 0 heterocycles. The van der Waals surface area contributed by atoms with Gasteiger partial charge in [0.25, 0.3) is 0 Å². The highest BCUT2D eigenvalue weighted by atomic mass is 19.4. The van der Waals surface area contributed by atoms with E-state index in [4.69, 9.17) is 5.11 Å². The third kappa shape index (κ3) is 6.77. The number of hydrogen-bond donors (Lipinski definition) is 2. The molecule has 0 aliphatic heterocycles. The lowest BCUT2D eigenvalue weighted by molar-refractivity contribution is -0.192. The molecule has 0 saturated heterocycles. The second-order valence-electron chi connectivity index (χ2n) is 3.19. The van der Waals surface area contributed by atoms with E-state index in [1.165, 1.54) is 0 Å². The maximum absolute atomic E-state index is 12.2. The third-order valence-corrected chi connectivity index (χ3v) is 1.85. The van der Waals surface area contributed by atoms with E-state index < -0.39 is 30.6 Å². The molecule has 0 aliphatic rings. The fourth-order valence-corrected chi connectivity index (χ4v) is 1.01. The van der Waals surface area contributed by atoms with Crippen molar-refractivity contribution in [1.82, 2.24) is 5.32 Å². The van der Waals surface area contributed by atoms with Gasteiger partial charge in [-0.25, -0.2) is 0 Å². The minimum absolute atomic E-state index is 0.0569. The number of carboxylic acids is 1. The summed E-state index contributed by atoms with van der Waals surface area (Å²) < 4.78 is 41.0. The summed E-state index contributed by atoms with van der Waals surface area (Å²) in [5.74, 6) is -4.95. The fraction of sp³-hybridized carbons (Fsp3) is 0.778. The first-order valence-corrected chi connectivity index (χ1v) is 4.94. The monoisotopic (exact) mass is 257 g/mol. The highest BCUT2D eigenvalue weighted by molar-refractivity contribution is 5.71. The Labute approximate surface area is 95.9 Å². The molecular formula is C9H14F3NO4. The average molecular weight is 257 g/mol. The summed E-state index contributed by atoms with van der Waals surface area (Å²) in [5, 5.41) is 10.6. The van der Waals surface area contributed by atoms with Crippen LogP contribution in [0.3, 0.4) is 0 Å². The van der Waals surface area contributed by atoms with Crippen LogP contribution in [-0.2, 0) is 14.3 Å². The van der Waals surface area contributed by atoms with Crippen molar-refractivity contribution < 1.29 is 32.6 Å². The Hall–Kier alpha value is -1.31. The van der Waals surface area contributed by atoms with Gasteiger partial charge in [0.1, 0.15) is 0 Å². The molecule has 0 radical (unpaired) electrons. The fourth-order valence-electron chi connectivity index (χ4n) is 1.01. The average Bonchev–Trinajstić information content (AvgIpc) is 2.14. The van der Waals surface area contributed by atoms with Crippen LogP contribution < -0.4 is 5.32 Å². The number of esters is 1. The summed E-state index contributed by atoms with van der Waals surface area (Å²) >= 11 is 0. The Morgan fingerprint density at radius 1 is 1.41 bits per heavy atom. The zero-order valence-electron chi connectivity index (χ0n) is 9.21. The Morgan fingerprint density at radius 2 is 2.00 bits per heavy atom. The van der Waals surface area contributed by atoms with Crippen LogP contribution in [0.1, 0.15) is 13.3 Å². The van der Waals surface area contributed by atoms with Crippen molar-refractivity contribution in [2.45, 2.75) is 19.5 Å². The molecule has 0 amide bonds. The lowest BCUT2D eigenvalue weighted by Gasteiger charge is -2.16. The number of hydrogen-bond acceptors (Lipinski definition) is 4. The van der Waals surface area contributed by atoms with E-state index in [9.17, 15) is 22.8 Å². The van der Waals surface area contributed by atoms with E-state index in [2.05, 4.69) is 10.1 Å². The standard InChI is InChI=1S/C9H14F3NO4/c1-2-17-7(14)3-4-13-5-6(8(15)16)9(10,11)12/h6,13H,2-5H2,1H3,(H,15,16). The largest absolute Gasteiger partial charge is 0.481 e. The molecule has 0 aromatic heterocycles. The van der Waals surface area contributed by atoms with Crippen LogP contribution in [-0.4, -0.2) is 42.9 Å². The highest BCUT2D eigenvalue weighted by Gasteiger charge is 2.44. The Kier molecular flexibility index (Phi) is 6.55. The minimum Gasteiger partial charge on any atom is -0.481 e. The van der Waals surface area contributed by atoms with Gasteiger partial charge in [-0.15, -0.1) is 0 Å². The summed E-state index contributed by atoms with van der Waals surface area (Å²) in [7, 11) is 0. The first-order chi connectivity index (χ1) is 7.79. The Balaban J connectivity index is 3.93. The topological polar surface area (TPSA) is 75.6 Å². The number of nitrogens with one attached hydrogen (secondary N) is 1. The normalized spacial score (nSPS) is 13.2. The molecule has 0 rings (SSSR count). The predicted octanol–water partition coefficient (Wildman–Crippen LogP) is 0.792. The lowest BCUT2D eigenvalue weighted by atomic mass is 10.1. The molecule has 5 nitrogen and oxygen atoms in total. The molecule has 0 aliphatic carbocycles. The molecule has 0 aromatic rings. The highest BCUT2D eigenvalue weighted by Crippen LogP contribution is 2.25. The van der Waals surface area contributed by atoms with E-state index in [1.807, 2.05) is 0 Å². The summed E-state index contributed by atoms with van der Waals surface area (Å²) in [4.78, 5) is 21.1. The first kappa shape index (κ1) is 15.7. The van der Waals surface area contributed by atoms with E-state index >= 15 is 0 Å². The van der Waals surface area contributed by atoms with E-state index in [1.54, 1.807) is 6.92 Å². The molecule has 0 fully saturated rings. The van der Waals surface area contributed by atoms with Crippen molar-refractivity contribution in [3.8, 4) is 0 Å². The SMILES string of the molecule is CCOC(=O)CCNCC(C(=O)O)C(F)(F)F. The summed E-state index contributed by atoms with van der Waals surface area (Å²) in [6.45, 7) is 0.978. The minimum atomic E-state index is -4.80. The molecule has 1 atom stereocenters. The van der Waals surface area contributed by atoms with Gasteiger partial charge < -0.3 is 15.2 Å². The van der Waals surface area contributed by atoms with E-state index in [0.29, 0.717) is 0 Å². The van der Waals surface area contributed by atoms with E-state index in [-0.39, 0.29) is 19.6 Å². The Morgan fingerprint density at radius 3 is 2.41 bits per heavy atom. The van der Waals surface area contributed by atoms with Gasteiger partial charge in [-0.2, -0.15) is 13.2 Å². The van der Waals surface area contributed by atoms with Gasteiger partial charge in [-0.3, -0.25) is 9.59 Å². The molecule has 1 unspecified atom stereocenters. The number of carboxylic acid groups (broad SMARTS) is 1. The zero-order valence-corrected chi connectivity index (χ0v) is 9.21. The molecule has 2 N–H and O–H groups in total. The van der Waals surface area contributed by atoms with Crippen LogP contribution in [0, 0.1) is 5.92 Å². The van der Waals surface area contributed by atoms with Crippen molar-refractivity contribution in [1.29, 1.82) is 0 Å². The number of aliphatic carboxylic acids is 1. The van der Waals surface area contributed by atoms with Gasteiger partial charge in [0, 0.05) is 13.1 Å². The number of rotatable bonds is 7. The lowest BCUT2D eigenvalue weighted by Crippen LogP contribution is -2.39. The maximum Gasteiger partial charge on any atom is 0.403 e. The number of alkyl halides is 3. The molecule has 0 bridgehead atoms. The Bertz CT molecular complexity index is 267. The van der Waals surface area contributed by atoms with Crippen molar-refractivity contribution in [3.63, 3.8) is 0 Å². The maximum atomic E-state index is 12.2. The number of ether oxygens (including phenoxy) is 1. The molecule has 8 heteroatoms. The van der Waals surface area contributed by atoms with Gasteiger partial charge in [-0.1, -0.05) is 0 Å². The number of carbonyl (C=O) groups is 2. The second-order valence-corrected chi connectivity index (χ2v) is 3.19. The second kappa shape index (κ2) is 7.10. The van der Waals surface area contributed by atoms with Crippen molar-refractivity contribution in [3.05, 3.63) is 0 Å². The molecule has 0 saturated carbocycles. The predicted molar refractivity (Wildman–Crippen MR) is 51.3 cm³/mol. The smallest absolute Gasteiger partial charge is 0.403 e. The van der Waals surface area contributed by atoms with Crippen molar-refractivity contribution >= 4 is 11.9 Å².